The van der Waals surface area contributed by atoms with Crippen LogP contribution >= 0.6 is 0 Å². The van der Waals surface area contributed by atoms with Gasteiger partial charge >= 0.3 is 0 Å². The lowest BCUT2D eigenvalue weighted by Crippen LogP contribution is -2.40. The van der Waals surface area contributed by atoms with E-state index in [1.165, 1.54) is 24.0 Å². The van der Waals surface area contributed by atoms with Crippen LogP contribution in [0.1, 0.15) is 23.6 Å². The maximum atomic E-state index is 12.9. The minimum absolute atomic E-state index is 0.0248. The highest BCUT2D eigenvalue weighted by molar-refractivity contribution is 5.98. The quantitative estimate of drug-likeness (QED) is 0.877. The van der Waals surface area contributed by atoms with E-state index < -0.39 is 0 Å². The van der Waals surface area contributed by atoms with Gasteiger partial charge < -0.3 is 10.2 Å². The number of carbonyl (C=O) groups is 2. The zero-order valence-electron chi connectivity index (χ0n) is 14.8. The Labute approximate surface area is 147 Å². The minimum atomic E-state index is -0.279. The van der Waals surface area contributed by atoms with E-state index in [9.17, 15) is 14.0 Å². The van der Waals surface area contributed by atoms with Gasteiger partial charge in [0.25, 0.3) is 0 Å². The number of amides is 2. The maximum Gasteiger partial charge on any atom is 0.240 e. The van der Waals surface area contributed by atoms with Gasteiger partial charge in [0.05, 0.1) is 0 Å². The number of nitrogens with one attached hydrogen (secondary N) is 1. The SMILES string of the molecule is CC(=O)N(CC(=O)NCCc1ccc(F)cc1)c1cc(C)ccc1C. The lowest BCUT2D eigenvalue weighted by atomic mass is 10.1. The third-order valence-corrected chi connectivity index (χ3v) is 3.99. The lowest BCUT2D eigenvalue weighted by molar-refractivity contribution is -0.123. The van der Waals surface area contributed by atoms with Crippen molar-refractivity contribution < 1.29 is 14.0 Å². The molecule has 0 fully saturated rings. The summed E-state index contributed by atoms with van der Waals surface area (Å²) in [7, 11) is 0. The largest absolute Gasteiger partial charge is 0.354 e. The Bertz CT molecular complexity index is 757. The maximum absolute atomic E-state index is 12.9. The standard InChI is InChI=1S/C20H23FN2O2/c1-14-4-5-15(2)19(12-14)23(16(3)24)13-20(25)22-11-10-17-6-8-18(21)9-7-17/h4-9,12H,10-11,13H2,1-3H3,(H,22,25). The fraction of sp³-hybridized carbons (Fsp3) is 0.300. The minimum Gasteiger partial charge on any atom is -0.354 e. The third-order valence-electron chi connectivity index (χ3n) is 3.99. The van der Waals surface area contributed by atoms with Crippen molar-refractivity contribution in [2.24, 2.45) is 0 Å². The number of hydrogen-bond donors (Lipinski definition) is 1. The molecule has 2 aromatic rings. The number of aryl methyl sites for hydroxylation is 2. The highest BCUT2D eigenvalue weighted by Crippen LogP contribution is 2.21. The predicted octanol–water partition coefficient (Wildman–Crippen LogP) is 3.15. The van der Waals surface area contributed by atoms with E-state index in [-0.39, 0.29) is 24.2 Å². The van der Waals surface area contributed by atoms with E-state index in [1.54, 1.807) is 12.1 Å². The van der Waals surface area contributed by atoms with E-state index in [2.05, 4.69) is 5.32 Å². The van der Waals surface area contributed by atoms with Crippen molar-refractivity contribution in [3.8, 4) is 0 Å². The molecule has 0 unspecified atom stereocenters. The van der Waals surface area contributed by atoms with Gasteiger partial charge in [-0.2, -0.15) is 0 Å². The average molecular weight is 342 g/mol. The first-order valence-electron chi connectivity index (χ1n) is 8.23. The number of carbonyl (C=O) groups excluding carboxylic acids is 2. The molecule has 0 saturated heterocycles. The Morgan fingerprint density at radius 1 is 1.08 bits per heavy atom. The predicted molar refractivity (Wildman–Crippen MR) is 97.1 cm³/mol. The zero-order valence-corrected chi connectivity index (χ0v) is 14.8. The molecular weight excluding hydrogens is 319 g/mol. The molecule has 2 rings (SSSR count). The highest BCUT2D eigenvalue weighted by Gasteiger charge is 2.17. The molecular formula is C20H23FN2O2. The van der Waals surface area contributed by atoms with Crippen LogP contribution in [0.15, 0.2) is 42.5 Å². The fourth-order valence-electron chi connectivity index (χ4n) is 2.57. The van der Waals surface area contributed by atoms with Gasteiger partial charge in [0.2, 0.25) is 11.8 Å². The van der Waals surface area contributed by atoms with Crippen LogP contribution in [0.25, 0.3) is 0 Å². The van der Waals surface area contributed by atoms with E-state index in [4.69, 9.17) is 0 Å². The first kappa shape index (κ1) is 18.6. The molecule has 0 aliphatic heterocycles. The average Bonchev–Trinajstić information content (AvgIpc) is 2.56. The van der Waals surface area contributed by atoms with Crippen LogP contribution in [0.3, 0.4) is 0 Å². The van der Waals surface area contributed by atoms with Gasteiger partial charge in [0, 0.05) is 19.2 Å². The molecule has 132 valence electrons. The van der Waals surface area contributed by atoms with Crippen LogP contribution in [0.5, 0.6) is 0 Å². The molecule has 4 nitrogen and oxygen atoms in total. The third kappa shape index (κ3) is 5.41. The second-order valence-electron chi connectivity index (χ2n) is 6.12. The Hall–Kier alpha value is -2.69. The molecule has 0 saturated carbocycles. The van der Waals surface area contributed by atoms with E-state index in [0.29, 0.717) is 13.0 Å². The van der Waals surface area contributed by atoms with Crippen LogP contribution < -0.4 is 10.2 Å². The van der Waals surface area contributed by atoms with Crippen LogP contribution in [-0.4, -0.2) is 24.9 Å². The highest BCUT2D eigenvalue weighted by atomic mass is 19.1. The van der Waals surface area contributed by atoms with Crippen LogP contribution in [0.4, 0.5) is 10.1 Å². The van der Waals surface area contributed by atoms with Gasteiger partial charge in [-0.25, -0.2) is 4.39 Å². The molecule has 0 aliphatic carbocycles. The summed E-state index contributed by atoms with van der Waals surface area (Å²) in [5.74, 6) is -0.681. The van der Waals surface area contributed by atoms with Gasteiger partial charge in [-0.1, -0.05) is 24.3 Å². The smallest absolute Gasteiger partial charge is 0.240 e. The molecule has 5 heteroatoms. The van der Waals surface area contributed by atoms with Crippen molar-refractivity contribution in [3.63, 3.8) is 0 Å². The molecule has 0 heterocycles. The first-order chi connectivity index (χ1) is 11.9. The molecule has 0 radical (unpaired) electrons. The molecule has 0 spiro atoms. The number of rotatable bonds is 6. The van der Waals surface area contributed by atoms with Crippen molar-refractivity contribution in [2.45, 2.75) is 27.2 Å². The van der Waals surface area contributed by atoms with Gasteiger partial charge in [0.1, 0.15) is 12.4 Å². The van der Waals surface area contributed by atoms with Crippen molar-refractivity contribution >= 4 is 17.5 Å². The van der Waals surface area contributed by atoms with Crippen molar-refractivity contribution in [2.75, 3.05) is 18.0 Å². The zero-order chi connectivity index (χ0) is 18.4. The monoisotopic (exact) mass is 342 g/mol. The number of hydrogen-bond acceptors (Lipinski definition) is 2. The van der Waals surface area contributed by atoms with Crippen LogP contribution in [-0.2, 0) is 16.0 Å². The van der Waals surface area contributed by atoms with E-state index in [0.717, 1.165) is 22.4 Å². The second-order valence-corrected chi connectivity index (χ2v) is 6.12. The Balaban J connectivity index is 1.95. The number of benzene rings is 2. The van der Waals surface area contributed by atoms with Crippen molar-refractivity contribution in [1.29, 1.82) is 0 Å². The van der Waals surface area contributed by atoms with Crippen molar-refractivity contribution in [3.05, 3.63) is 65.0 Å². The summed E-state index contributed by atoms with van der Waals surface area (Å²) in [4.78, 5) is 25.7. The molecule has 1 N–H and O–H groups in total. The van der Waals surface area contributed by atoms with Crippen molar-refractivity contribution in [1.82, 2.24) is 5.32 Å². The number of nitrogens with zero attached hydrogens (tertiary/aromatic N) is 1. The summed E-state index contributed by atoms with van der Waals surface area (Å²) in [6, 6.07) is 12.0. The summed E-state index contributed by atoms with van der Waals surface area (Å²) in [6.45, 7) is 5.72. The first-order valence-corrected chi connectivity index (χ1v) is 8.23. The summed E-state index contributed by atoms with van der Waals surface area (Å²) >= 11 is 0. The topological polar surface area (TPSA) is 49.4 Å². The molecule has 0 aromatic heterocycles. The number of anilines is 1. The summed E-state index contributed by atoms with van der Waals surface area (Å²) in [5.41, 5.74) is 3.67. The molecule has 2 amide bonds. The van der Waals surface area contributed by atoms with Gasteiger partial charge in [0.15, 0.2) is 0 Å². The Kier molecular flexibility index (Phi) is 6.28. The molecule has 25 heavy (non-hydrogen) atoms. The van der Waals surface area contributed by atoms with Crippen LogP contribution in [0, 0.1) is 19.7 Å². The molecule has 2 aromatic carbocycles. The van der Waals surface area contributed by atoms with E-state index >= 15 is 0 Å². The van der Waals surface area contributed by atoms with E-state index in [1.807, 2.05) is 32.0 Å². The number of halogens is 1. The Morgan fingerprint density at radius 2 is 1.76 bits per heavy atom. The normalized spacial score (nSPS) is 10.4. The molecule has 0 atom stereocenters. The summed E-state index contributed by atoms with van der Waals surface area (Å²) < 4.78 is 12.9. The Morgan fingerprint density at radius 3 is 2.40 bits per heavy atom. The lowest BCUT2D eigenvalue weighted by Gasteiger charge is -2.23. The summed E-state index contributed by atoms with van der Waals surface area (Å²) in [5, 5.41) is 2.81. The van der Waals surface area contributed by atoms with Crippen LogP contribution in [0.2, 0.25) is 0 Å². The van der Waals surface area contributed by atoms with Gasteiger partial charge in [-0.15, -0.1) is 0 Å². The molecule has 0 aliphatic rings. The summed E-state index contributed by atoms with van der Waals surface area (Å²) in [6.07, 6.45) is 0.607. The second kappa shape index (κ2) is 8.42. The molecule has 0 bridgehead atoms. The van der Waals surface area contributed by atoms with Gasteiger partial charge in [-0.05, 0) is 55.2 Å². The van der Waals surface area contributed by atoms with Gasteiger partial charge in [-0.3, -0.25) is 9.59 Å². The fourth-order valence-corrected chi connectivity index (χ4v) is 2.57.